The van der Waals surface area contributed by atoms with Crippen molar-refractivity contribution in [1.29, 1.82) is 0 Å². The van der Waals surface area contributed by atoms with E-state index in [1.165, 1.54) is 18.3 Å². The van der Waals surface area contributed by atoms with Crippen molar-refractivity contribution < 1.29 is 19.1 Å². The first kappa shape index (κ1) is 19.2. The van der Waals surface area contributed by atoms with Crippen LogP contribution in [0.15, 0.2) is 50.5 Å². The van der Waals surface area contributed by atoms with Gasteiger partial charge in [0.1, 0.15) is 16.9 Å². The van der Waals surface area contributed by atoms with Crippen molar-refractivity contribution in [3.8, 4) is 11.5 Å². The molecule has 8 nitrogen and oxygen atoms in total. The Morgan fingerprint density at radius 3 is 2.79 bits per heavy atom. The number of amides is 1. The summed E-state index contributed by atoms with van der Waals surface area (Å²) < 4.78 is 12.2. The van der Waals surface area contributed by atoms with Gasteiger partial charge in [-0.05, 0) is 32.0 Å². The molecule has 0 bridgehead atoms. The van der Waals surface area contributed by atoms with E-state index in [0.29, 0.717) is 35.6 Å². The quantitative estimate of drug-likeness (QED) is 0.627. The number of nitrogens with zero attached hydrogens (tertiary/aromatic N) is 1. The van der Waals surface area contributed by atoms with Gasteiger partial charge in [0.15, 0.2) is 5.75 Å². The molecule has 0 unspecified atom stereocenters. The summed E-state index contributed by atoms with van der Waals surface area (Å²) in [4.78, 5) is 35.9. The molecular formula is C20H20N2O6. The largest absolute Gasteiger partial charge is 0.503 e. The minimum atomic E-state index is -0.740. The second kappa shape index (κ2) is 7.99. The van der Waals surface area contributed by atoms with Crippen LogP contribution < -0.4 is 21.1 Å². The molecule has 3 rings (SSSR count). The average molecular weight is 384 g/mol. The third kappa shape index (κ3) is 3.90. The van der Waals surface area contributed by atoms with Crippen LogP contribution in [0, 0.1) is 6.92 Å². The van der Waals surface area contributed by atoms with Gasteiger partial charge in [-0.2, -0.15) is 0 Å². The third-order valence-corrected chi connectivity index (χ3v) is 4.31. The molecule has 0 aliphatic rings. The highest BCUT2D eigenvalue weighted by Crippen LogP contribution is 2.20. The Labute approximate surface area is 160 Å². The summed E-state index contributed by atoms with van der Waals surface area (Å²) >= 11 is 0. The molecule has 1 amide bonds. The third-order valence-electron chi connectivity index (χ3n) is 4.31. The van der Waals surface area contributed by atoms with Crippen molar-refractivity contribution in [2.24, 2.45) is 0 Å². The van der Waals surface area contributed by atoms with Crippen LogP contribution in [0.25, 0.3) is 11.0 Å². The molecule has 0 radical (unpaired) electrons. The number of rotatable bonds is 6. The minimum absolute atomic E-state index is 0.101. The van der Waals surface area contributed by atoms with Gasteiger partial charge in [0.05, 0.1) is 12.3 Å². The monoisotopic (exact) mass is 384 g/mol. The molecular weight excluding hydrogens is 364 g/mol. The fourth-order valence-corrected chi connectivity index (χ4v) is 2.80. The fourth-order valence-electron chi connectivity index (χ4n) is 2.80. The Bertz CT molecular complexity index is 1150. The SMILES string of the molecule is CCOc1ccc2cc(C(=O)NCCn3ccc(=O)c(O)c3C)c(=O)oc2c1. The zero-order valence-electron chi connectivity index (χ0n) is 15.5. The highest BCUT2D eigenvalue weighted by atomic mass is 16.5. The second-order valence-electron chi connectivity index (χ2n) is 6.14. The lowest BCUT2D eigenvalue weighted by Gasteiger charge is -2.12. The smallest absolute Gasteiger partial charge is 0.349 e. The molecule has 3 aromatic rings. The predicted molar refractivity (Wildman–Crippen MR) is 103 cm³/mol. The number of carbonyl (C=O) groups is 1. The number of hydrogen-bond acceptors (Lipinski definition) is 6. The van der Waals surface area contributed by atoms with Crippen molar-refractivity contribution in [2.75, 3.05) is 13.2 Å². The minimum Gasteiger partial charge on any atom is -0.503 e. The molecule has 0 aliphatic heterocycles. The van der Waals surface area contributed by atoms with Crippen LogP contribution >= 0.6 is 0 Å². The summed E-state index contributed by atoms with van der Waals surface area (Å²) in [7, 11) is 0. The maximum atomic E-state index is 12.4. The molecule has 0 spiro atoms. The van der Waals surface area contributed by atoms with E-state index in [4.69, 9.17) is 9.15 Å². The van der Waals surface area contributed by atoms with Crippen LogP contribution in [-0.2, 0) is 6.54 Å². The van der Waals surface area contributed by atoms with Gasteiger partial charge < -0.3 is 24.1 Å². The Hall–Kier alpha value is -3.55. The molecule has 2 N–H and O–H groups in total. The van der Waals surface area contributed by atoms with E-state index in [0.717, 1.165) is 0 Å². The van der Waals surface area contributed by atoms with Gasteiger partial charge in [0, 0.05) is 36.8 Å². The Morgan fingerprint density at radius 2 is 2.04 bits per heavy atom. The number of hydrogen-bond donors (Lipinski definition) is 2. The Kier molecular flexibility index (Phi) is 5.49. The highest BCUT2D eigenvalue weighted by Gasteiger charge is 2.14. The summed E-state index contributed by atoms with van der Waals surface area (Å²) in [5, 5.41) is 12.9. The lowest BCUT2D eigenvalue weighted by atomic mass is 10.1. The van der Waals surface area contributed by atoms with Gasteiger partial charge >= 0.3 is 5.63 Å². The van der Waals surface area contributed by atoms with Crippen LogP contribution in [0.3, 0.4) is 0 Å². The standard InChI is InChI=1S/C20H20N2O6/c1-3-27-14-5-4-13-10-15(20(26)28-17(13)11-14)19(25)21-7-9-22-8-6-16(23)18(24)12(22)2/h4-6,8,10-11,24H,3,7,9H2,1-2H3,(H,21,25). The average Bonchev–Trinajstić information content (AvgIpc) is 2.67. The molecule has 1 aromatic carbocycles. The fraction of sp³-hybridized carbons (Fsp3) is 0.250. The van der Waals surface area contributed by atoms with Gasteiger partial charge in [-0.25, -0.2) is 4.79 Å². The van der Waals surface area contributed by atoms with Crippen LogP contribution in [0.2, 0.25) is 0 Å². The van der Waals surface area contributed by atoms with Crippen LogP contribution in [0.1, 0.15) is 23.0 Å². The highest BCUT2D eigenvalue weighted by molar-refractivity contribution is 5.96. The van der Waals surface area contributed by atoms with E-state index in [-0.39, 0.29) is 17.9 Å². The van der Waals surface area contributed by atoms with Gasteiger partial charge in [0.25, 0.3) is 5.91 Å². The summed E-state index contributed by atoms with van der Waals surface area (Å²) in [6.45, 7) is 4.46. The summed E-state index contributed by atoms with van der Waals surface area (Å²) in [6, 6.07) is 7.78. The van der Waals surface area contributed by atoms with Crippen molar-refractivity contribution in [3.63, 3.8) is 0 Å². The van der Waals surface area contributed by atoms with E-state index in [1.54, 1.807) is 29.7 Å². The molecule has 2 heterocycles. The van der Waals surface area contributed by atoms with Crippen molar-refractivity contribution >= 4 is 16.9 Å². The molecule has 8 heteroatoms. The van der Waals surface area contributed by atoms with Gasteiger partial charge in [-0.3, -0.25) is 9.59 Å². The molecule has 2 aromatic heterocycles. The van der Waals surface area contributed by atoms with Crippen molar-refractivity contribution in [1.82, 2.24) is 9.88 Å². The maximum Gasteiger partial charge on any atom is 0.349 e. The number of nitrogens with one attached hydrogen (secondary N) is 1. The Morgan fingerprint density at radius 1 is 1.25 bits per heavy atom. The number of pyridine rings is 1. The van der Waals surface area contributed by atoms with Crippen molar-refractivity contribution in [2.45, 2.75) is 20.4 Å². The number of benzene rings is 1. The first-order valence-electron chi connectivity index (χ1n) is 8.78. The van der Waals surface area contributed by atoms with E-state index in [2.05, 4.69) is 5.32 Å². The van der Waals surface area contributed by atoms with Crippen LogP contribution in [0.4, 0.5) is 0 Å². The number of aromatic hydroxyl groups is 1. The Balaban J connectivity index is 1.74. The summed E-state index contributed by atoms with van der Waals surface area (Å²) in [6.07, 6.45) is 1.53. The first-order valence-corrected chi connectivity index (χ1v) is 8.78. The van der Waals surface area contributed by atoms with Crippen molar-refractivity contribution in [3.05, 3.63) is 68.4 Å². The zero-order chi connectivity index (χ0) is 20.3. The maximum absolute atomic E-state index is 12.4. The van der Waals surface area contributed by atoms with E-state index < -0.39 is 17.0 Å². The number of fused-ring (bicyclic) bond motifs is 1. The molecule has 146 valence electrons. The van der Waals surface area contributed by atoms with E-state index in [9.17, 15) is 19.5 Å². The summed E-state index contributed by atoms with van der Waals surface area (Å²) in [5.74, 6) is -0.307. The lowest BCUT2D eigenvalue weighted by molar-refractivity contribution is 0.0948. The normalized spacial score (nSPS) is 10.8. The second-order valence-corrected chi connectivity index (χ2v) is 6.14. The molecule has 0 fully saturated rings. The zero-order valence-corrected chi connectivity index (χ0v) is 15.5. The first-order chi connectivity index (χ1) is 13.4. The summed E-state index contributed by atoms with van der Waals surface area (Å²) in [5.41, 5.74) is -0.560. The molecule has 0 saturated heterocycles. The van der Waals surface area contributed by atoms with E-state index >= 15 is 0 Å². The van der Waals surface area contributed by atoms with Gasteiger partial charge in [-0.1, -0.05) is 0 Å². The number of carbonyl (C=O) groups excluding carboxylic acids is 1. The number of aromatic nitrogens is 1. The molecule has 28 heavy (non-hydrogen) atoms. The lowest BCUT2D eigenvalue weighted by Crippen LogP contribution is -2.31. The number of ether oxygens (including phenoxy) is 1. The van der Waals surface area contributed by atoms with Gasteiger partial charge in [-0.15, -0.1) is 0 Å². The molecule has 0 aliphatic carbocycles. The predicted octanol–water partition coefficient (Wildman–Crippen LogP) is 1.80. The molecule has 0 atom stereocenters. The molecule has 0 saturated carbocycles. The van der Waals surface area contributed by atoms with E-state index in [1.807, 2.05) is 6.92 Å². The van der Waals surface area contributed by atoms with Crippen LogP contribution in [0.5, 0.6) is 11.5 Å². The topological polar surface area (TPSA) is 111 Å². The van der Waals surface area contributed by atoms with Gasteiger partial charge in [0.2, 0.25) is 5.43 Å². The van der Waals surface area contributed by atoms with Crippen LogP contribution in [-0.4, -0.2) is 28.7 Å².